The number of carbonyl (C=O) groups is 1. The third-order valence-corrected chi connectivity index (χ3v) is 3.99. The molecule has 1 aliphatic heterocycles. The summed E-state index contributed by atoms with van der Waals surface area (Å²) in [6.07, 6.45) is 4.32. The molecule has 2 heterocycles. The predicted molar refractivity (Wildman–Crippen MR) is 85.2 cm³/mol. The first kappa shape index (κ1) is 14.4. The number of aromatic nitrogens is 1. The first-order chi connectivity index (χ1) is 10.8. The van der Waals surface area contributed by atoms with Crippen molar-refractivity contribution in [3.05, 3.63) is 54.4 Å². The molecule has 1 saturated heterocycles. The number of likely N-dealkylation sites (tertiary alicyclic amines) is 1. The van der Waals surface area contributed by atoms with Gasteiger partial charge in [-0.05, 0) is 36.2 Å². The summed E-state index contributed by atoms with van der Waals surface area (Å²) >= 11 is 0. The number of hydrogen-bond acceptors (Lipinski definition) is 3. The van der Waals surface area contributed by atoms with Crippen molar-refractivity contribution in [2.24, 2.45) is 0 Å². The van der Waals surface area contributed by atoms with Crippen LogP contribution in [0.4, 0.5) is 10.5 Å². The molecule has 22 heavy (non-hydrogen) atoms. The van der Waals surface area contributed by atoms with Crippen LogP contribution in [0.5, 0.6) is 5.75 Å². The third-order valence-electron chi connectivity index (χ3n) is 3.99. The predicted octanol–water partition coefficient (Wildman–Crippen LogP) is 3.11. The molecule has 1 aromatic heterocycles. The van der Waals surface area contributed by atoms with Crippen LogP contribution in [0.1, 0.15) is 17.9 Å². The number of ether oxygens (including phenoxy) is 1. The Balaban J connectivity index is 1.60. The number of urea groups is 1. The summed E-state index contributed by atoms with van der Waals surface area (Å²) in [5.74, 6) is 1.24. The van der Waals surface area contributed by atoms with E-state index in [-0.39, 0.29) is 6.03 Å². The van der Waals surface area contributed by atoms with Gasteiger partial charge in [0.25, 0.3) is 0 Å². The van der Waals surface area contributed by atoms with Gasteiger partial charge in [0.15, 0.2) is 0 Å². The molecule has 3 rings (SSSR count). The minimum Gasteiger partial charge on any atom is -0.497 e. The lowest BCUT2D eigenvalue weighted by molar-refractivity contribution is 0.222. The molecule has 5 heteroatoms. The number of rotatable bonds is 3. The second-order valence-electron chi connectivity index (χ2n) is 5.37. The van der Waals surface area contributed by atoms with Crippen molar-refractivity contribution in [2.45, 2.75) is 12.3 Å². The van der Waals surface area contributed by atoms with Crippen LogP contribution in [0.2, 0.25) is 0 Å². The number of anilines is 1. The van der Waals surface area contributed by atoms with Gasteiger partial charge >= 0.3 is 6.03 Å². The average molecular weight is 297 g/mol. The van der Waals surface area contributed by atoms with Gasteiger partial charge < -0.3 is 15.0 Å². The van der Waals surface area contributed by atoms with E-state index in [9.17, 15) is 4.79 Å². The fourth-order valence-electron chi connectivity index (χ4n) is 2.73. The van der Waals surface area contributed by atoms with Crippen molar-refractivity contribution in [2.75, 3.05) is 25.5 Å². The van der Waals surface area contributed by atoms with Gasteiger partial charge in [-0.3, -0.25) is 4.98 Å². The Morgan fingerprint density at radius 3 is 2.64 bits per heavy atom. The highest BCUT2D eigenvalue weighted by Crippen LogP contribution is 2.28. The van der Waals surface area contributed by atoms with E-state index in [1.807, 2.05) is 17.0 Å². The zero-order valence-corrected chi connectivity index (χ0v) is 12.5. The van der Waals surface area contributed by atoms with E-state index in [1.54, 1.807) is 31.6 Å². The maximum Gasteiger partial charge on any atom is 0.321 e. The highest BCUT2D eigenvalue weighted by molar-refractivity contribution is 5.89. The number of nitrogens with one attached hydrogen (secondary N) is 1. The fourth-order valence-corrected chi connectivity index (χ4v) is 2.73. The first-order valence-corrected chi connectivity index (χ1v) is 7.36. The Labute approximate surface area is 129 Å². The lowest BCUT2D eigenvalue weighted by Gasteiger charge is -2.17. The van der Waals surface area contributed by atoms with E-state index in [4.69, 9.17) is 4.74 Å². The maximum atomic E-state index is 12.3. The lowest BCUT2D eigenvalue weighted by atomic mass is 9.98. The van der Waals surface area contributed by atoms with Gasteiger partial charge in [-0.25, -0.2) is 4.79 Å². The van der Waals surface area contributed by atoms with Crippen LogP contribution in [0, 0.1) is 0 Å². The number of pyridine rings is 1. The maximum absolute atomic E-state index is 12.3. The summed E-state index contributed by atoms with van der Waals surface area (Å²) in [6, 6.07) is 11.6. The Morgan fingerprint density at radius 2 is 1.95 bits per heavy atom. The van der Waals surface area contributed by atoms with Crippen molar-refractivity contribution in [1.82, 2.24) is 9.88 Å². The minimum absolute atomic E-state index is 0.0535. The van der Waals surface area contributed by atoms with Gasteiger partial charge in [-0.1, -0.05) is 12.1 Å². The molecule has 0 saturated carbocycles. The topological polar surface area (TPSA) is 54.5 Å². The molecule has 1 unspecified atom stereocenters. The van der Waals surface area contributed by atoms with Crippen molar-refractivity contribution in [3.8, 4) is 5.75 Å². The van der Waals surface area contributed by atoms with E-state index in [0.717, 1.165) is 30.9 Å². The van der Waals surface area contributed by atoms with Crippen LogP contribution in [-0.2, 0) is 0 Å². The van der Waals surface area contributed by atoms with Gasteiger partial charge in [0.05, 0.1) is 7.11 Å². The molecule has 0 aliphatic carbocycles. The van der Waals surface area contributed by atoms with Gasteiger partial charge in [0.1, 0.15) is 5.75 Å². The second kappa shape index (κ2) is 6.47. The molecule has 0 spiro atoms. The lowest BCUT2D eigenvalue weighted by Crippen LogP contribution is -2.32. The van der Waals surface area contributed by atoms with E-state index in [2.05, 4.69) is 22.4 Å². The van der Waals surface area contributed by atoms with Crippen molar-refractivity contribution < 1.29 is 9.53 Å². The molecule has 114 valence electrons. The summed E-state index contributed by atoms with van der Waals surface area (Å²) in [4.78, 5) is 18.1. The fraction of sp³-hybridized carbons (Fsp3) is 0.294. The first-order valence-electron chi connectivity index (χ1n) is 7.36. The molecule has 0 radical (unpaired) electrons. The molecule has 5 nitrogen and oxygen atoms in total. The summed E-state index contributed by atoms with van der Waals surface area (Å²) in [7, 11) is 1.66. The Morgan fingerprint density at radius 1 is 1.23 bits per heavy atom. The molecule has 0 bridgehead atoms. The highest BCUT2D eigenvalue weighted by Gasteiger charge is 2.27. The SMILES string of the molecule is COc1ccc(C2CCN(C(=O)Nc3ccncc3)C2)cc1. The van der Waals surface area contributed by atoms with Gasteiger partial charge in [-0.15, -0.1) is 0 Å². The number of nitrogens with zero attached hydrogens (tertiary/aromatic N) is 2. The number of methoxy groups -OCH3 is 1. The molecular weight excluding hydrogens is 278 g/mol. The van der Waals surface area contributed by atoms with Crippen LogP contribution in [0.3, 0.4) is 0 Å². The molecule has 1 fully saturated rings. The molecule has 2 amide bonds. The number of carbonyl (C=O) groups excluding carboxylic acids is 1. The van der Waals surface area contributed by atoms with Gasteiger partial charge in [-0.2, -0.15) is 0 Å². The zero-order chi connectivity index (χ0) is 15.4. The minimum atomic E-state index is -0.0535. The van der Waals surface area contributed by atoms with E-state index >= 15 is 0 Å². The van der Waals surface area contributed by atoms with Gasteiger partial charge in [0, 0.05) is 37.1 Å². The standard InChI is InChI=1S/C17H19N3O2/c1-22-16-4-2-13(3-5-16)14-8-11-20(12-14)17(21)19-15-6-9-18-10-7-15/h2-7,9-10,14H,8,11-12H2,1H3,(H,18,19,21). The monoisotopic (exact) mass is 297 g/mol. The van der Waals surface area contributed by atoms with Gasteiger partial charge in [0.2, 0.25) is 0 Å². The Kier molecular flexibility index (Phi) is 4.23. The van der Waals surface area contributed by atoms with E-state index < -0.39 is 0 Å². The Bertz CT molecular complexity index is 628. The molecule has 1 aromatic carbocycles. The van der Waals surface area contributed by atoms with E-state index in [1.165, 1.54) is 5.56 Å². The molecule has 2 aromatic rings. The molecule has 1 atom stereocenters. The van der Waals surface area contributed by atoms with Crippen LogP contribution >= 0.6 is 0 Å². The zero-order valence-electron chi connectivity index (χ0n) is 12.5. The smallest absolute Gasteiger partial charge is 0.321 e. The van der Waals surface area contributed by atoms with Crippen LogP contribution in [-0.4, -0.2) is 36.1 Å². The Hall–Kier alpha value is -2.56. The van der Waals surface area contributed by atoms with Crippen molar-refractivity contribution >= 4 is 11.7 Å². The van der Waals surface area contributed by atoms with Crippen LogP contribution in [0.15, 0.2) is 48.8 Å². The summed E-state index contributed by atoms with van der Waals surface area (Å²) < 4.78 is 5.18. The molecule has 1 N–H and O–H groups in total. The van der Waals surface area contributed by atoms with E-state index in [0.29, 0.717) is 5.92 Å². The summed E-state index contributed by atoms with van der Waals surface area (Å²) in [5.41, 5.74) is 2.02. The normalized spacial score (nSPS) is 17.3. The van der Waals surface area contributed by atoms with Crippen molar-refractivity contribution in [1.29, 1.82) is 0 Å². The summed E-state index contributed by atoms with van der Waals surface area (Å²) in [6.45, 7) is 1.51. The number of benzene rings is 1. The van der Waals surface area contributed by atoms with Crippen LogP contribution < -0.4 is 10.1 Å². The summed E-state index contributed by atoms with van der Waals surface area (Å²) in [5, 5.41) is 2.90. The molecule has 1 aliphatic rings. The number of amides is 2. The van der Waals surface area contributed by atoms with Crippen LogP contribution in [0.25, 0.3) is 0 Å². The third kappa shape index (κ3) is 3.19. The number of hydrogen-bond donors (Lipinski definition) is 1. The van der Waals surface area contributed by atoms with Crippen molar-refractivity contribution in [3.63, 3.8) is 0 Å². The molecular formula is C17H19N3O2. The largest absolute Gasteiger partial charge is 0.497 e. The average Bonchev–Trinajstić information content (AvgIpc) is 3.06. The highest BCUT2D eigenvalue weighted by atomic mass is 16.5. The second-order valence-corrected chi connectivity index (χ2v) is 5.37. The quantitative estimate of drug-likeness (QED) is 0.947.